The second kappa shape index (κ2) is 5.81. The highest BCUT2D eigenvalue weighted by molar-refractivity contribution is 6.30. The average molecular weight is 315 g/mol. The summed E-state index contributed by atoms with van der Waals surface area (Å²) in [6, 6.07) is 14.6. The van der Waals surface area contributed by atoms with Crippen LogP contribution in [0.25, 0.3) is 10.9 Å². The lowest BCUT2D eigenvalue weighted by atomic mass is 10.1. The zero-order valence-corrected chi connectivity index (χ0v) is 12.9. The summed E-state index contributed by atoms with van der Waals surface area (Å²) >= 11 is 5.86. The molecule has 0 bridgehead atoms. The number of aromatic nitrogens is 2. The van der Waals surface area contributed by atoms with E-state index < -0.39 is 0 Å². The number of halogens is 1. The van der Waals surface area contributed by atoms with E-state index in [4.69, 9.17) is 11.6 Å². The van der Waals surface area contributed by atoms with Crippen LogP contribution >= 0.6 is 11.6 Å². The zero-order valence-electron chi connectivity index (χ0n) is 12.1. The Morgan fingerprint density at radius 2 is 1.68 bits per heavy atom. The van der Waals surface area contributed by atoms with Crippen molar-refractivity contribution in [3.8, 4) is 0 Å². The topological polar surface area (TPSA) is 44.0 Å². The van der Waals surface area contributed by atoms with Gasteiger partial charge in [-0.1, -0.05) is 35.9 Å². The molecule has 0 saturated heterocycles. The number of nitrogens with zero attached hydrogens (tertiary/aromatic N) is 2. The second-order valence-electron chi connectivity index (χ2n) is 5.19. The third kappa shape index (κ3) is 2.57. The van der Waals surface area contributed by atoms with E-state index in [1.165, 1.54) is 9.13 Å². The van der Waals surface area contributed by atoms with Crippen LogP contribution in [0.4, 0.5) is 0 Å². The third-order valence-electron chi connectivity index (χ3n) is 3.80. The van der Waals surface area contributed by atoms with Crippen molar-refractivity contribution < 1.29 is 0 Å². The second-order valence-corrected chi connectivity index (χ2v) is 5.63. The van der Waals surface area contributed by atoms with E-state index in [9.17, 15) is 9.59 Å². The number of para-hydroxylation sites is 1. The molecular weight excluding hydrogens is 300 g/mol. The van der Waals surface area contributed by atoms with Gasteiger partial charge in [0.1, 0.15) is 0 Å². The van der Waals surface area contributed by atoms with Crippen molar-refractivity contribution in [2.24, 2.45) is 7.05 Å². The minimum Gasteiger partial charge on any atom is -0.296 e. The fraction of sp³-hybridized carbons (Fsp3) is 0.176. The molecule has 0 fully saturated rings. The summed E-state index contributed by atoms with van der Waals surface area (Å²) in [4.78, 5) is 24.9. The minimum absolute atomic E-state index is 0.243. The number of fused-ring (bicyclic) bond motifs is 1. The standard InChI is InChI=1S/C17H15ClN2O2/c1-19-15-5-3-2-4-14(15)16(21)20(17(19)22)11-10-12-6-8-13(18)9-7-12/h2-9H,10-11H2,1H3. The summed E-state index contributed by atoms with van der Waals surface area (Å²) in [5.74, 6) is 0. The molecule has 3 aromatic rings. The number of benzene rings is 2. The Balaban J connectivity index is 2.02. The average Bonchev–Trinajstić information content (AvgIpc) is 2.54. The molecule has 0 unspecified atom stereocenters. The van der Waals surface area contributed by atoms with Crippen LogP contribution in [0.3, 0.4) is 0 Å². The Labute approximate surface area is 132 Å². The minimum atomic E-state index is -0.294. The Hall–Kier alpha value is -2.33. The maximum Gasteiger partial charge on any atom is 0.331 e. The molecular formula is C17H15ClN2O2. The van der Waals surface area contributed by atoms with Gasteiger partial charge in [0.25, 0.3) is 5.56 Å². The highest BCUT2D eigenvalue weighted by atomic mass is 35.5. The predicted octanol–water partition coefficient (Wildman–Crippen LogP) is 2.60. The van der Waals surface area contributed by atoms with E-state index in [1.807, 2.05) is 18.2 Å². The summed E-state index contributed by atoms with van der Waals surface area (Å²) < 4.78 is 2.80. The van der Waals surface area contributed by atoms with Crippen molar-refractivity contribution in [2.75, 3.05) is 0 Å². The van der Waals surface area contributed by atoms with Crippen LogP contribution in [-0.4, -0.2) is 9.13 Å². The molecule has 0 aliphatic rings. The smallest absolute Gasteiger partial charge is 0.296 e. The molecule has 0 atom stereocenters. The van der Waals surface area contributed by atoms with Crippen molar-refractivity contribution in [1.82, 2.24) is 9.13 Å². The molecule has 1 heterocycles. The van der Waals surface area contributed by atoms with Crippen LogP contribution < -0.4 is 11.2 Å². The van der Waals surface area contributed by atoms with Gasteiger partial charge in [-0.3, -0.25) is 13.9 Å². The first-order valence-electron chi connectivity index (χ1n) is 7.01. The van der Waals surface area contributed by atoms with Crippen molar-refractivity contribution in [3.63, 3.8) is 0 Å². The summed E-state index contributed by atoms with van der Waals surface area (Å²) in [5, 5.41) is 1.23. The molecule has 0 aliphatic heterocycles. The van der Waals surface area contributed by atoms with E-state index in [0.717, 1.165) is 5.56 Å². The van der Waals surface area contributed by atoms with E-state index in [-0.39, 0.29) is 11.2 Å². The van der Waals surface area contributed by atoms with Crippen molar-refractivity contribution in [2.45, 2.75) is 13.0 Å². The van der Waals surface area contributed by atoms with Crippen LogP contribution in [-0.2, 0) is 20.0 Å². The van der Waals surface area contributed by atoms with Gasteiger partial charge in [0, 0.05) is 18.6 Å². The SMILES string of the molecule is Cn1c(=O)n(CCc2ccc(Cl)cc2)c(=O)c2ccccc21. The molecule has 22 heavy (non-hydrogen) atoms. The van der Waals surface area contributed by atoms with Gasteiger partial charge in [-0.2, -0.15) is 0 Å². The Morgan fingerprint density at radius 3 is 2.41 bits per heavy atom. The molecule has 3 rings (SSSR count). The van der Waals surface area contributed by atoms with Crippen LogP contribution in [0.15, 0.2) is 58.1 Å². The molecule has 0 amide bonds. The summed E-state index contributed by atoms with van der Waals surface area (Å²) in [6.45, 7) is 0.345. The Kier molecular flexibility index (Phi) is 3.86. The van der Waals surface area contributed by atoms with Gasteiger partial charge in [0.05, 0.1) is 10.9 Å². The third-order valence-corrected chi connectivity index (χ3v) is 4.05. The first kappa shape index (κ1) is 14.6. The fourth-order valence-electron chi connectivity index (χ4n) is 2.55. The van der Waals surface area contributed by atoms with Gasteiger partial charge in [0.2, 0.25) is 0 Å². The Bertz CT molecular complexity index is 940. The Morgan fingerprint density at radius 1 is 1.00 bits per heavy atom. The largest absolute Gasteiger partial charge is 0.331 e. The number of aryl methyl sites for hydroxylation is 2. The number of hydrogen-bond donors (Lipinski definition) is 0. The molecule has 112 valence electrons. The van der Waals surface area contributed by atoms with Gasteiger partial charge in [-0.05, 0) is 36.2 Å². The van der Waals surface area contributed by atoms with Gasteiger partial charge in [0.15, 0.2) is 0 Å². The first-order valence-corrected chi connectivity index (χ1v) is 7.39. The normalized spacial score (nSPS) is 11.0. The van der Waals surface area contributed by atoms with Gasteiger partial charge < -0.3 is 0 Å². The molecule has 0 aliphatic carbocycles. The molecule has 0 radical (unpaired) electrons. The van der Waals surface area contributed by atoms with Crippen LogP contribution in [0, 0.1) is 0 Å². The highest BCUT2D eigenvalue weighted by Crippen LogP contribution is 2.10. The maximum atomic E-state index is 12.5. The van der Waals surface area contributed by atoms with E-state index in [0.29, 0.717) is 28.9 Å². The molecule has 0 N–H and O–H groups in total. The highest BCUT2D eigenvalue weighted by Gasteiger charge is 2.10. The molecule has 4 nitrogen and oxygen atoms in total. The van der Waals surface area contributed by atoms with Crippen LogP contribution in [0.2, 0.25) is 5.02 Å². The molecule has 2 aromatic carbocycles. The van der Waals surface area contributed by atoms with Gasteiger partial charge >= 0.3 is 5.69 Å². The van der Waals surface area contributed by atoms with E-state index >= 15 is 0 Å². The van der Waals surface area contributed by atoms with Crippen LogP contribution in [0.1, 0.15) is 5.56 Å². The first-order chi connectivity index (χ1) is 10.6. The molecule has 1 aromatic heterocycles. The lowest BCUT2D eigenvalue weighted by Gasteiger charge is -2.10. The monoisotopic (exact) mass is 314 g/mol. The molecule has 0 spiro atoms. The molecule has 0 saturated carbocycles. The van der Waals surface area contributed by atoms with Crippen molar-refractivity contribution in [1.29, 1.82) is 0 Å². The van der Waals surface area contributed by atoms with Gasteiger partial charge in [-0.25, -0.2) is 4.79 Å². The summed E-state index contributed by atoms with van der Waals surface area (Å²) in [6.07, 6.45) is 0.602. The number of rotatable bonds is 3. The zero-order chi connectivity index (χ0) is 15.7. The van der Waals surface area contributed by atoms with E-state index in [1.54, 1.807) is 37.4 Å². The fourth-order valence-corrected chi connectivity index (χ4v) is 2.68. The van der Waals surface area contributed by atoms with Gasteiger partial charge in [-0.15, -0.1) is 0 Å². The van der Waals surface area contributed by atoms with Crippen molar-refractivity contribution in [3.05, 3.63) is 80.0 Å². The summed E-state index contributed by atoms with van der Waals surface area (Å²) in [5.41, 5.74) is 1.15. The lowest BCUT2D eigenvalue weighted by Crippen LogP contribution is -2.39. The van der Waals surface area contributed by atoms with Crippen molar-refractivity contribution >= 4 is 22.5 Å². The number of hydrogen-bond acceptors (Lipinski definition) is 2. The summed E-state index contributed by atoms with van der Waals surface area (Å²) in [7, 11) is 1.68. The maximum absolute atomic E-state index is 12.5. The van der Waals surface area contributed by atoms with E-state index in [2.05, 4.69) is 0 Å². The lowest BCUT2D eigenvalue weighted by molar-refractivity contribution is 0.605. The quantitative estimate of drug-likeness (QED) is 0.746. The van der Waals surface area contributed by atoms with Crippen LogP contribution in [0.5, 0.6) is 0 Å². The molecule has 5 heteroatoms. The predicted molar refractivity (Wildman–Crippen MR) is 88.6 cm³/mol.